The molecule has 1 aliphatic heterocycles. The lowest BCUT2D eigenvalue weighted by atomic mass is 9.82. The summed E-state index contributed by atoms with van der Waals surface area (Å²) in [7, 11) is 0. The first kappa shape index (κ1) is 15.9. The van der Waals surface area contributed by atoms with Crippen LogP contribution in [0, 0.1) is 5.92 Å². The number of rotatable bonds is 2. The number of piperidine rings is 1. The highest BCUT2D eigenvalue weighted by molar-refractivity contribution is 5.84. The quantitative estimate of drug-likeness (QED) is 0.692. The van der Waals surface area contributed by atoms with Gasteiger partial charge in [0, 0.05) is 24.5 Å². The van der Waals surface area contributed by atoms with Gasteiger partial charge in [0.05, 0.1) is 5.84 Å². The van der Waals surface area contributed by atoms with E-state index in [1.807, 2.05) is 0 Å². The van der Waals surface area contributed by atoms with Crippen molar-refractivity contribution in [3.8, 4) is 0 Å². The molecule has 1 saturated carbocycles. The molecule has 1 saturated heterocycles. The van der Waals surface area contributed by atoms with E-state index in [0.717, 1.165) is 12.0 Å². The van der Waals surface area contributed by atoms with Crippen LogP contribution in [0.5, 0.6) is 0 Å². The molecule has 0 radical (unpaired) electrons. The second kappa shape index (κ2) is 7.47. The van der Waals surface area contributed by atoms with E-state index in [4.69, 9.17) is 4.99 Å². The molecule has 0 N–H and O–H groups in total. The van der Waals surface area contributed by atoms with Crippen molar-refractivity contribution in [1.29, 1.82) is 0 Å². The van der Waals surface area contributed by atoms with Gasteiger partial charge in [0.1, 0.15) is 0 Å². The Bertz CT molecular complexity index is 319. The summed E-state index contributed by atoms with van der Waals surface area (Å²) < 4.78 is 0. The van der Waals surface area contributed by atoms with Crippen LogP contribution in [0.3, 0.4) is 0 Å². The minimum Gasteiger partial charge on any atom is -0.355 e. The van der Waals surface area contributed by atoms with E-state index < -0.39 is 0 Å². The van der Waals surface area contributed by atoms with E-state index >= 15 is 0 Å². The van der Waals surface area contributed by atoms with E-state index in [1.165, 1.54) is 63.6 Å². The number of amidine groups is 1. The third-order valence-corrected chi connectivity index (χ3v) is 4.98. The first-order valence-corrected chi connectivity index (χ1v) is 8.94. The predicted molar refractivity (Wildman–Crippen MR) is 88.4 cm³/mol. The predicted octanol–water partition coefficient (Wildman–Crippen LogP) is 5.03. The average Bonchev–Trinajstić information content (AvgIpc) is 2.48. The standard InChI is InChI=1S/C18H34N2/c1-14(2)19-18-13-12-16-10-8-6-5-7-9-11-17(16)20(18)15(3)4/h14-17H,5-13H2,1-4H3. The second-order valence-corrected chi connectivity index (χ2v) is 7.35. The van der Waals surface area contributed by atoms with Crippen molar-refractivity contribution in [2.24, 2.45) is 10.9 Å². The molecule has 116 valence electrons. The Labute approximate surface area is 126 Å². The zero-order valence-electron chi connectivity index (χ0n) is 14.1. The van der Waals surface area contributed by atoms with Gasteiger partial charge in [-0.1, -0.05) is 32.1 Å². The van der Waals surface area contributed by atoms with Crippen molar-refractivity contribution in [3.63, 3.8) is 0 Å². The lowest BCUT2D eigenvalue weighted by molar-refractivity contribution is 0.139. The smallest absolute Gasteiger partial charge is 0.0997 e. The molecule has 0 bridgehead atoms. The largest absolute Gasteiger partial charge is 0.355 e. The van der Waals surface area contributed by atoms with Gasteiger partial charge >= 0.3 is 0 Å². The van der Waals surface area contributed by atoms with Crippen LogP contribution >= 0.6 is 0 Å². The van der Waals surface area contributed by atoms with Crippen molar-refractivity contribution >= 4 is 5.84 Å². The zero-order valence-corrected chi connectivity index (χ0v) is 14.1. The van der Waals surface area contributed by atoms with E-state index in [1.54, 1.807) is 0 Å². The second-order valence-electron chi connectivity index (χ2n) is 7.35. The normalized spacial score (nSPS) is 31.1. The Balaban J connectivity index is 2.19. The van der Waals surface area contributed by atoms with Gasteiger partial charge in [-0.25, -0.2) is 0 Å². The Morgan fingerprint density at radius 3 is 2.20 bits per heavy atom. The molecular formula is C18H34N2. The molecule has 2 atom stereocenters. The van der Waals surface area contributed by atoms with Gasteiger partial charge in [-0.2, -0.15) is 0 Å². The van der Waals surface area contributed by atoms with Crippen molar-refractivity contribution in [1.82, 2.24) is 4.90 Å². The summed E-state index contributed by atoms with van der Waals surface area (Å²) in [6, 6.07) is 1.79. The molecule has 2 fully saturated rings. The Hall–Kier alpha value is -0.530. The highest BCUT2D eigenvalue weighted by Gasteiger charge is 2.35. The van der Waals surface area contributed by atoms with E-state index in [2.05, 4.69) is 32.6 Å². The minimum atomic E-state index is 0.430. The molecule has 1 aliphatic carbocycles. The molecule has 2 unspecified atom stereocenters. The number of likely N-dealkylation sites (tertiary alicyclic amines) is 1. The lowest BCUT2D eigenvalue weighted by Gasteiger charge is -2.46. The average molecular weight is 278 g/mol. The molecule has 0 amide bonds. The first-order valence-electron chi connectivity index (χ1n) is 8.94. The molecule has 0 aromatic rings. The number of nitrogens with zero attached hydrogens (tertiary/aromatic N) is 2. The highest BCUT2D eigenvalue weighted by atomic mass is 15.2. The molecule has 20 heavy (non-hydrogen) atoms. The first-order chi connectivity index (χ1) is 9.59. The van der Waals surface area contributed by atoms with Crippen molar-refractivity contribution in [3.05, 3.63) is 0 Å². The molecule has 2 nitrogen and oxygen atoms in total. The van der Waals surface area contributed by atoms with E-state index in [-0.39, 0.29) is 0 Å². The summed E-state index contributed by atoms with van der Waals surface area (Å²) >= 11 is 0. The fourth-order valence-corrected chi connectivity index (χ4v) is 4.17. The molecule has 0 aromatic carbocycles. The van der Waals surface area contributed by atoms with Gasteiger partial charge in [0.2, 0.25) is 0 Å². The molecule has 0 spiro atoms. The van der Waals surface area contributed by atoms with Crippen molar-refractivity contribution < 1.29 is 0 Å². The van der Waals surface area contributed by atoms with Crippen LogP contribution in [0.25, 0.3) is 0 Å². The summed E-state index contributed by atoms with van der Waals surface area (Å²) in [5, 5.41) is 0. The summed E-state index contributed by atoms with van der Waals surface area (Å²) in [6.45, 7) is 9.12. The highest BCUT2D eigenvalue weighted by Crippen LogP contribution is 2.35. The third-order valence-electron chi connectivity index (χ3n) is 4.98. The molecule has 2 heteroatoms. The van der Waals surface area contributed by atoms with Gasteiger partial charge in [-0.3, -0.25) is 4.99 Å². The number of hydrogen-bond donors (Lipinski definition) is 0. The van der Waals surface area contributed by atoms with Crippen LogP contribution in [0.15, 0.2) is 4.99 Å². The Morgan fingerprint density at radius 2 is 1.55 bits per heavy atom. The van der Waals surface area contributed by atoms with Gasteiger partial charge < -0.3 is 4.90 Å². The maximum atomic E-state index is 4.95. The number of fused-ring (bicyclic) bond motifs is 1. The van der Waals surface area contributed by atoms with Crippen molar-refractivity contribution in [2.75, 3.05) is 0 Å². The van der Waals surface area contributed by atoms with Gasteiger partial charge in [0.15, 0.2) is 0 Å². The summed E-state index contributed by atoms with van der Waals surface area (Å²) in [6.07, 6.45) is 12.6. The molecule has 1 heterocycles. The van der Waals surface area contributed by atoms with E-state index in [0.29, 0.717) is 12.1 Å². The summed E-state index contributed by atoms with van der Waals surface area (Å²) in [5.74, 6) is 2.32. The van der Waals surface area contributed by atoms with Crippen LogP contribution < -0.4 is 0 Å². The molecule has 2 rings (SSSR count). The molecular weight excluding hydrogens is 244 g/mol. The fraction of sp³-hybridized carbons (Fsp3) is 0.944. The maximum absolute atomic E-state index is 4.95. The Morgan fingerprint density at radius 1 is 0.900 bits per heavy atom. The molecule has 0 aromatic heterocycles. The van der Waals surface area contributed by atoms with Crippen molar-refractivity contribution in [2.45, 2.75) is 104 Å². The maximum Gasteiger partial charge on any atom is 0.0997 e. The van der Waals surface area contributed by atoms with Crippen LogP contribution in [0.1, 0.15) is 85.5 Å². The van der Waals surface area contributed by atoms with Crippen LogP contribution in [0.2, 0.25) is 0 Å². The zero-order chi connectivity index (χ0) is 14.5. The number of aliphatic imine (C=N–C) groups is 1. The van der Waals surface area contributed by atoms with Gasteiger partial charge in [0.25, 0.3) is 0 Å². The Kier molecular flexibility index (Phi) is 5.92. The minimum absolute atomic E-state index is 0.430. The van der Waals surface area contributed by atoms with Gasteiger partial charge in [-0.15, -0.1) is 0 Å². The SMILES string of the molecule is CC(C)N=C1CCC2CCCCCCCC2N1C(C)C. The molecule has 2 aliphatic rings. The lowest BCUT2D eigenvalue weighted by Crippen LogP contribution is -2.52. The van der Waals surface area contributed by atoms with Crippen LogP contribution in [0.4, 0.5) is 0 Å². The number of hydrogen-bond acceptors (Lipinski definition) is 1. The van der Waals surface area contributed by atoms with Crippen LogP contribution in [-0.4, -0.2) is 28.9 Å². The fourth-order valence-electron chi connectivity index (χ4n) is 4.17. The van der Waals surface area contributed by atoms with Crippen LogP contribution in [-0.2, 0) is 0 Å². The summed E-state index contributed by atoms with van der Waals surface area (Å²) in [4.78, 5) is 7.64. The van der Waals surface area contributed by atoms with E-state index in [9.17, 15) is 0 Å². The monoisotopic (exact) mass is 278 g/mol. The summed E-state index contributed by atoms with van der Waals surface area (Å²) in [5.41, 5.74) is 0. The third kappa shape index (κ3) is 3.99. The van der Waals surface area contributed by atoms with Gasteiger partial charge in [-0.05, 0) is 52.9 Å². The topological polar surface area (TPSA) is 15.6 Å².